The zero-order valence-corrected chi connectivity index (χ0v) is 18.2. The molecule has 1 aromatic carbocycles. The quantitative estimate of drug-likeness (QED) is 0.555. The molecule has 3 heterocycles. The number of hydrogen-bond acceptors (Lipinski definition) is 6. The Morgan fingerprint density at radius 3 is 2.62 bits per heavy atom. The third-order valence-corrected chi connectivity index (χ3v) is 5.58. The molecule has 1 aliphatic heterocycles. The molecule has 8 heteroatoms. The fraction of sp³-hybridized carbons (Fsp3) is 0.333. The maximum Gasteiger partial charge on any atom is 0.308 e. The fourth-order valence-electron chi connectivity index (χ4n) is 3.30. The second-order valence-corrected chi connectivity index (χ2v) is 9.20. The van der Waals surface area contributed by atoms with Crippen LogP contribution in [0.5, 0.6) is 0 Å². The second-order valence-electron chi connectivity index (χ2n) is 7.87. The van der Waals surface area contributed by atoms with E-state index in [0.717, 1.165) is 27.7 Å². The SMILES string of the molecule is Cc1nnc2n1-c1sccc1C(c1ccc(Cl)cc1)=N[C@@H]2CC(=O)OC(C)(C)C. The van der Waals surface area contributed by atoms with Crippen molar-refractivity contribution in [1.82, 2.24) is 14.8 Å². The standard InChI is InChI=1S/C21H21ClN4O2S/c1-12-24-25-19-16(11-17(27)28-21(2,3)4)23-18(13-5-7-14(22)8-6-13)15-9-10-29-20(15)26(12)19/h5-10,16H,11H2,1-4H3/t16-/m1/s1. The normalized spacial score (nSPS) is 15.9. The number of carbonyl (C=O) groups excluding carboxylic acids is 1. The van der Waals surface area contributed by atoms with Gasteiger partial charge in [-0.15, -0.1) is 21.5 Å². The second kappa shape index (κ2) is 7.39. The number of aliphatic imine (C=N–C) groups is 1. The highest BCUT2D eigenvalue weighted by atomic mass is 35.5. The summed E-state index contributed by atoms with van der Waals surface area (Å²) in [7, 11) is 0. The van der Waals surface area contributed by atoms with Crippen LogP contribution in [0.3, 0.4) is 0 Å². The topological polar surface area (TPSA) is 69.4 Å². The smallest absolute Gasteiger partial charge is 0.308 e. The van der Waals surface area contributed by atoms with Crippen molar-refractivity contribution in [3.05, 3.63) is 63.5 Å². The van der Waals surface area contributed by atoms with Crippen LogP contribution in [-0.4, -0.2) is 32.0 Å². The molecule has 3 aromatic rings. The van der Waals surface area contributed by atoms with Crippen molar-refractivity contribution in [2.75, 3.05) is 0 Å². The third kappa shape index (κ3) is 3.97. The van der Waals surface area contributed by atoms with Crippen LogP contribution in [0.1, 0.15) is 56.0 Å². The van der Waals surface area contributed by atoms with Crippen LogP contribution in [0.2, 0.25) is 5.02 Å². The van der Waals surface area contributed by atoms with Gasteiger partial charge in [-0.1, -0.05) is 23.7 Å². The summed E-state index contributed by atoms with van der Waals surface area (Å²) in [4.78, 5) is 17.6. The zero-order chi connectivity index (χ0) is 20.8. The van der Waals surface area contributed by atoms with Crippen LogP contribution in [0.15, 0.2) is 40.7 Å². The number of aromatic nitrogens is 3. The molecule has 0 saturated heterocycles. The number of ether oxygens (including phenoxy) is 1. The lowest BCUT2D eigenvalue weighted by atomic mass is 10.0. The van der Waals surface area contributed by atoms with Crippen molar-refractivity contribution in [3.63, 3.8) is 0 Å². The molecule has 2 aromatic heterocycles. The van der Waals surface area contributed by atoms with Gasteiger partial charge >= 0.3 is 5.97 Å². The number of hydrogen-bond donors (Lipinski definition) is 0. The Kier molecular flexibility index (Phi) is 5.04. The molecule has 0 unspecified atom stereocenters. The van der Waals surface area contributed by atoms with E-state index in [1.165, 1.54) is 0 Å². The average molecular weight is 429 g/mol. The molecular formula is C21H21ClN4O2S. The molecule has 1 atom stereocenters. The molecule has 0 amide bonds. The zero-order valence-electron chi connectivity index (χ0n) is 16.6. The maximum atomic E-state index is 12.6. The summed E-state index contributed by atoms with van der Waals surface area (Å²) in [5.41, 5.74) is 2.15. The molecule has 29 heavy (non-hydrogen) atoms. The lowest BCUT2D eigenvalue weighted by Gasteiger charge is -2.20. The van der Waals surface area contributed by atoms with Crippen LogP contribution < -0.4 is 0 Å². The number of benzene rings is 1. The first-order chi connectivity index (χ1) is 13.7. The summed E-state index contributed by atoms with van der Waals surface area (Å²) in [5.74, 6) is 1.07. The van der Waals surface area contributed by atoms with Gasteiger partial charge in [0.15, 0.2) is 5.82 Å². The van der Waals surface area contributed by atoms with Gasteiger partial charge in [0.1, 0.15) is 22.5 Å². The number of rotatable bonds is 3. The minimum Gasteiger partial charge on any atom is -0.460 e. The van der Waals surface area contributed by atoms with Gasteiger partial charge < -0.3 is 4.74 Å². The van der Waals surface area contributed by atoms with Gasteiger partial charge in [0, 0.05) is 16.1 Å². The molecule has 0 N–H and O–H groups in total. The molecule has 0 aliphatic carbocycles. The molecule has 0 radical (unpaired) electrons. The summed E-state index contributed by atoms with van der Waals surface area (Å²) < 4.78 is 7.53. The van der Waals surface area contributed by atoms with Crippen LogP contribution in [0.4, 0.5) is 0 Å². The van der Waals surface area contributed by atoms with Crippen molar-refractivity contribution in [1.29, 1.82) is 0 Å². The highest BCUT2D eigenvalue weighted by Crippen LogP contribution is 2.35. The van der Waals surface area contributed by atoms with Gasteiger partial charge in [-0.25, -0.2) is 0 Å². The van der Waals surface area contributed by atoms with Gasteiger partial charge in [0.25, 0.3) is 0 Å². The van der Waals surface area contributed by atoms with Crippen molar-refractivity contribution >= 4 is 34.6 Å². The van der Waals surface area contributed by atoms with E-state index in [1.807, 2.05) is 68.0 Å². The van der Waals surface area contributed by atoms with Gasteiger partial charge in [-0.3, -0.25) is 14.4 Å². The molecule has 6 nitrogen and oxygen atoms in total. The van der Waals surface area contributed by atoms with Crippen molar-refractivity contribution in [2.45, 2.75) is 45.8 Å². The number of thiophene rings is 1. The molecule has 0 saturated carbocycles. The Hall–Kier alpha value is -2.51. The molecule has 1 aliphatic rings. The Morgan fingerprint density at radius 2 is 1.93 bits per heavy atom. The predicted octanol–water partition coefficient (Wildman–Crippen LogP) is 4.91. The summed E-state index contributed by atoms with van der Waals surface area (Å²) in [6.07, 6.45) is 0.0848. The lowest BCUT2D eigenvalue weighted by Crippen LogP contribution is -2.25. The van der Waals surface area contributed by atoms with Crippen molar-refractivity contribution in [3.8, 4) is 5.00 Å². The third-order valence-electron chi connectivity index (χ3n) is 4.43. The Labute approximate surface area is 178 Å². The Balaban J connectivity index is 1.84. The lowest BCUT2D eigenvalue weighted by molar-refractivity contribution is -0.155. The minimum atomic E-state index is -0.563. The number of esters is 1. The van der Waals surface area contributed by atoms with E-state index in [1.54, 1.807) is 11.3 Å². The number of aryl methyl sites for hydroxylation is 1. The molecule has 4 rings (SSSR count). The molecule has 0 bridgehead atoms. The van der Waals surface area contributed by atoms with Gasteiger partial charge in [0.05, 0.1) is 12.1 Å². The van der Waals surface area contributed by atoms with E-state index in [0.29, 0.717) is 10.8 Å². The number of fused-ring (bicyclic) bond motifs is 3. The van der Waals surface area contributed by atoms with E-state index in [-0.39, 0.29) is 12.4 Å². The summed E-state index contributed by atoms with van der Waals surface area (Å²) in [6, 6.07) is 9.08. The highest BCUT2D eigenvalue weighted by Gasteiger charge is 2.31. The summed E-state index contributed by atoms with van der Waals surface area (Å²) in [6.45, 7) is 7.46. The fourth-order valence-corrected chi connectivity index (χ4v) is 4.38. The van der Waals surface area contributed by atoms with Crippen LogP contribution in [-0.2, 0) is 9.53 Å². The maximum absolute atomic E-state index is 12.6. The summed E-state index contributed by atoms with van der Waals surface area (Å²) in [5, 5.41) is 12.3. The van der Waals surface area contributed by atoms with Gasteiger partial charge in [-0.2, -0.15) is 0 Å². The largest absolute Gasteiger partial charge is 0.460 e. The van der Waals surface area contributed by atoms with Gasteiger partial charge in [-0.05, 0) is 51.3 Å². The van der Waals surface area contributed by atoms with E-state index in [9.17, 15) is 4.79 Å². The molecular weight excluding hydrogens is 408 g/mol. The van der Waals surface area contributed by atoms with Crippen molar-refractivity contribution in [2.24, 2.45) is 4.99 Å². The first-order valence-electron chi connectivity index (χ1n) is 9.28. The monoisotopic (exact) mass is 428 g/mol. The van der Waals surface area contributed by atoms with Crippen LogP contribution in [0, 0.1) is 6.92 Å². The van der Waals surface area contributed by atoms with Crippen LogP contribution >= 0.6 is 22.9 Å². The molecule has 0 spiro atoms. The van der Waals surface area contributed by atoms with E-state index in [4.69, 9.17) is 21.3 Å². The highest BCUT2D eigenvalue weighted by molar-refractivity contribution is 7.13. The van der Waals surface area contributed by atoms with Crippen LogP contribution in [0.25, 0.3) is 5.00 Å². The molecule has 0 fully saturated rings. The summed E-state index contributed by atoms with van der Waals surface area (Å²) >= 11 is 7.67. The van der Waals surface area contributed by atoms with Crippen molar-refractivity contribution < 1.29 is 9.53 Å². The predicted molar refractivity (Wildman–Crippen MR) is 114 cm³/mol. The van der Waals surface area contributed by atoms with E-state index in [2.05, 4.69) is 10.2 Å². The van der Waals surface area contributed by atoms with Gasteiger partial charge in [0.2, 0.25) is 0 Å². The number of halogens is 1. The number of nitrogens with zero attached hydrogens (tertiary/aromatic N) is 4. The minimum absolute atomic E-state index is 0.0848. The van der Waals surface area contributed by atoms with E-state index < -0.39 is 11.6 Å². The average Bonchev–Trinajstić information content (AvgIpc) is 3.21. The first-order valence-corrected chi connectivity index (χ1v) is 10.5. The first kappa shape index (κ1) is 19.8. The Bertz CT molecular complexity index is 1090. The molecule has 150 valence electrons. The van der Waals surface area contributed by atoms with E-state index >= 15 is 0 Å². The Morgan fingerprint density at radius 1 is 1.21 bits per heavy atom. The number of carbonyl (C=O) groups is 1.